The molecule has 1 N–H and O–H groups in total. The maximum atomic E-state index is 12.6. The van der Waals surface area contributed by atoms with Crippen molar-refractivity contribution >= 4 is 5.91 Å². The molecule has 0 aliphatic carbocycles. The highest BCUT2D eigenvalue weighted by molar-refractivity contribution is 5.94. The number of nitrogens with zero attached hydrogens (tertiary/aromatic N) is 3. The van der Waals surface area contributed by atoms with Crippen LogP contribution >= 0.6 is 0 Å². The van der Waals surface area contributed by atoms with Crippen LogP contribution in [0.1, 0.15) is 21.7 Å². The number of fused-ring (bicyclic) bond motifs is 1. The van der Waals surface area contributed by atoms with Crippen molar-refractivity contribution in [3.8, 4) is 22.6 Å². The zero-order valence-corrected chi connectivity index (χ0v) is 17.5. The van der Waals surface area contributed by atoms with E-state index in [0.29, 0.717) is 43.4 Å². The van der Waals surface area contributed by atoms with Gasteiger partial charge < -0.3 is 19.5 Å². The van der Waals surface area contributed by atoms with Crippen molar-refractivity contribution in [1.82, 2.24) is 20.3 Å². The van der Waals surface area contributed by atoms with Crippen molar-refractivity contribution in [2.45, 2.75) is 19.4 Å². The Bertz CT molecular complexity index is 1040. The normalized spacial score (nSPS) is 15.0. The van der Waals surface area contributed by atoms with Crippen LogP contribution in [0.5, 0.6) is 11.5 Å². The second-order valence-electron chi connectivity index (χ2n) is 7.20. The van der Waals surface area contributed by atoms with Crippen LogP contribution in [-0.2, 0) is 11.2 Å². The van der Waals surface area contributed by atoms with Gasteiger partial charge in [-0.25, -0.2) is 9.97 Å². The predicted molar refractivity (Wildman–Crippen MR) is 114 cm³/mol. The number of hydrogen-bond donors (Lipinski definition) is 1. The van der Waals surface area contributed by atoms with E-state index in [1.54, 1.807) is 44.0 Å². The summed E-state index contributed by atoms with van der Waals surface area (Å²) in [5.74, 6) is 1.97. The van der Waals surface area contributed by atoms with Crippen LogP contribution in [0.4, 0.5) is 0 Å². The van der Waals surface area contributed by atoms with Gasteiger partial charge in [0.2, 0.25) is 0 Å². The van der Waals surface area contributed by atoms with Crippen LogP contribution in [0.25, 0.3) is 11.1 Å². The molecule has 8 nitrogen and oxygen atoms in total. The van der Waals surface area contributed by atoms with E-state index in [0.717, 1.165) is 22.4 Å². The number of pyridine rings is 1. The maximum absolute atomic E-state index is 12.6. The highest BCUT2D eigenvalue weighted by atomic mass is 16.5. The van der Waals surface area contributed by atoms with E-state index in [1.165, 1.54) is 0 Å². The SMILES string of the molecule is COCCOc1ccc2c(c1-c1cnc(C)nc1)C[C@H](NC(=O)c1cccnc1)CO2. The van der Waals surface area contributed by atoms with Gasteiger partial charge >= 0.3 is 0 Å². The van der Waals surface area contributed by atoms with E-state index < -0.39 is 0 Å². The number of amides is 1. The first-order valence-corrected chi connectivity index (χ1v) is 10.1. The molecule has 0 fully saturated rings. The minimum Gasteiger partial charge on any atom is -0.491 e. The number of ether oxygens (including phenoxy) is 3. The average molecular weight is 420 g/mol. The Labute approximate surface area is 180 Å². The second kappa shape index (κ2) is 9.53. The van der Waals surface area contributed by atoms with E-state index in [9.17, 15) is 4.79 Å². The number of nitrogens with one attached hydrogen (secondary N) is 1. The van der Waals surface area contributed by atoms with Crippen LogP contribution in [-0.4, -0.2) is 53.8 Å². The Morgan fingerprint density at radius 1 is 1.19 bits per heavy atom. The summed E-state index contributed by atoms with van der Waals surface area (Å²) < 4.78 is 17.1. The number of rotatable bonds is 7. The molecule has 0 radical (unpaired) electrons. The van der Waals surface area contributed by atoms with E-state index >= 15 is 0 Å². The number of aromatic nitrogens is 3. The summed E-state index contributed by atoms with van der Waals surface area (Å²) in [6.07, 6.45) is 7.32. The molecular formula is C23H24N4O4. The van der Waals surface area contributed by atoms with Gasteiger partial charge in [0.15, 0.2) is 0 Å². The van der Waals surface area contributed by atoms with Gasteiger partial charge in [-0.15, -0.1) is 0 Å². The molecular weight excluding hydrogens is 396 g/mol. The number of carbonyl (C=O) groups is 1. The lowest BCUT2D eigenvalue weighted by Crippen LogP contribution is -2.43. The molecule has 0 unspecified atom stereocenters. The van der Waals surface area contributed by atoms with Crippen molar-refractivity contribution in [3.63, 3.8) is 0 Å². The average Bonchev–Trinajstić information content (AvgIpc) is 2.80. The molecule has 2 aromatic heterocycles. The van der Waals surface area contributed by atoms with Crippen LogP contribution in [0, 0.1) is 6.92 Å². The van der Waals surface area contributed by atoms with E-state index in [-0.39, 0.29) is 11.9 Å². The topological polar surface area (TPSA) is 95.5 Å². The highest BCUT2D eigenvalue weighted by Crippen LogP contribution is 2.40. The minimum absolute atomic E-state index is 0.183. The summed E-state index contributed by atoms with van der Waals surface area (Å²) in [6.45, 7) is 3.11. The van der Waals surface area contributed by atoms with Crippen LogP contribution in [0.15, 0.2) is 49.1 Å². The molecule has 3 heterocycles. The first-order valence-electron chi connectivity index (χ1n) is 10.1. The van der Waals surface area contributed by atoms with Gasteiger partial charge in [0.05, 0.1) is 18.2 Å². The molecule has 0 saturated heterocycles. The third-order valence-corrected chi connectivity index (χ3v) is 5.00. The largest absolute Gasteiger partial charge is 0.491 e. The quantitative estimate of drug-likeness (QED) is 0.587. The smallest absolute Gasteiger partial charge is 0.253 e. The third kappa shape index (κ3) is 4.80. The number of benzene rings is 1. The first-order chi connectivity index (χ1) is 15.2. The Kier molecular flexibility index (Phi) is 6.37. The minimum atomic E-state index is -0.195. The van der Waals surface area contributed by atoms with Crippen LogP contribution < -0.4 is 14.8 Å². The van der Waals surface area contributed by atoms with Crippen molar-refractivity contribution < 1.29 is 19.0 Å². The number of aryl methyl sites for hydroxylation is 1. The summed E-state index contributed by atoms with van der Waals surface area (Å²) >= 11 is 0. The standard InChI is InChI=1S/C23H24N4O4/c1-15-25-12-17(13-26-15)22-19-10-18(27-23(28)16-4-3-7-24-11-16)14-31-20(19)5-6-21(22)30-9-8-29-2/h3-7,11-13,18H,8-10,14H2,1-2H3,(H,27,28)/t18-/m0/s1. The molecule has 0 spiro atoms. The molecule has 31 heavy (non-hydrogen) atoms. The lowest BCUT2D eigenvalue weighted by molar-refractivity contribution is 0.0915. The molecule has 3 aromatic rings. The van der Waals surface area contributed by atoms with Crippen molar-refractivity contribution in [1.29, 1.82) is 0 Å². The maximum Gasteiger partial charge on any atom is 0.253 e. The van der Waals surface area contributed by atoms with Gasteiger partial charge in [0.1, 0.15) is 30.5 Å². The van der Waals surface area contributed by atoms with Gasteiger partial charge in [-0.2, -0.15) is 0 Å². The van der Waals surface area contributed by atoms with E-state index in [2.05, 4.69) is 20.3 Å². The summed E-state index contributed by atoms with van der Waals surface area (Å²) in [4.78, 5) is 25.3. The molecule has 1 atom stereocenters. The zero-order valence-electron chi connectivity index (χ0n) is 17.5. The fourth-order valence-electron chi connectivity index (χ4n) is 3.49. The monoisotopic (exact) mass is 420 g/mol. The molecule has 1 aliphatic heterocycles. The fourth-order valence-corrected chi connectivity index (χ4v) is 3.49. The molecule has 0 saturated carbocycles. The van der Waals surface area contributed by atoms with E-state index in [1.807, 2.05) is 19.1 Å². The van der Waals surface area contributed by atoms with Crippen molar-refractivity contribution in [2.24, 2.45) is 0 Å². The summed E-state index contributed by atoms with van der Waals surface area (Å²) in [5.41, 5.74) is 3.16. The third-order valence-electron chi connectivity index (χ3n) is 5.00. The van der Waals surface area contributed by atoms with Gasteiger partial charge in [0, 0.05) is 55.0 Å². The van der Waals surface area contributed by atoms with Crippen molar-refractivity contribution in [3.05, 3.63) is 66.0 Å². The van der Waals surface area contributed by atoms with Crippen LogP contribution in [0.3, 0.4) is 0 Å². The zero-order chi connectivity index (χ0) is 21.6. The molecule has 1 aromatic carbocycles. The summed E-state index contributed by atoms with van der Waals surface area (Å²) in [5, 5.41) is 3.04. The Morgan fingerprint density at radius 2 is 2.03 bits per heavy atom. The summed E-state index contributed by atoms with van der Waals surface area (Å²) in [7, 11) is 1.63. The molecule has 0 bridgehead atoms. The highest BCUT2D eigenvalue weighted by Gasteiger charge is 2.27. The van der Waals surface area contributed by atoms with Gasteiger partial charge in [-0.1, -0.05) is 0 Å². The molecule has 160 valence electrons. The molecule has 1 amide bonds. The van der Waals surface area contributed by atoms with Gasteiger partial charge in [-0.05, 0) is 31.2 Å². The summed E-state index contributed by atoms with van der Waals surface area (Å²) in [6, 6.07) is 7.06. The first kappa shape index (κ1) is 20.7. The van der Waals surface area contributed by atoms with Gasteiger partial charge in [0.25, 0.3) is 5.91 Å². The predicted octanol–water partition coefficient (Wildman–Crippen LogP) is 2.61. The lowest BCUT2D eigenvalue weighted by atomic mass is 9.93. The molecule has 1 aliphatic rings. The Morgan fingerprint density at radius 3 is 2.77 bits per heavy atom. The Balaban J connectivity index is 1.64. The molecule has 8 heteroatoms. The number of carbonyl (C=O) groups excluding carboxylic acids is 1. The second-order valence-corrected chi connectivity index (χ2v) is 7.20. The Hall–Kier alpha value is -3.52. The fraction of sp³-hybridized carbons (Fsp3) is 0.304. The van der Waals surface area contributed by atoms with Crippen molar-refractivity contribution in [2.75, 3.05) is 26.9 Å². The van der Waals surface area contributed by atoms with Gasteiger partial charge in [-0.3, -0.25) is 9.78 Å². The number of hydrogen-bond acceptors (Lipinski definition) is 7. The number of methoxy groups -OCH3 is 1. The lowest BCUT2D eigenvalue weighted by Gasteiger charge is -2.29. The van der Waals surface area contributed by atoms with Crippen LogP contribution in [0.2, 0.25) is 0 Å². The molecule has 4 rings (SSSR count). The van der Waals surface area contributed by atoms with E-state index in [4.69, 9.17) is 14.2 Å².